The maximum absolute atomic E-state index is 12.5. The van der Waals surface area contributed by atoms with E-state index in [0.29, 0.717) is 36.0 Å². The van der Waals surface area contributed by atoms with Crippen LogP contribution in [0.5, 0.6) is 0 Å². The molecule has 0 aliphatic heterocycles. The number of carbonyl (C=O) groups is 1. The van der Waals surface area contributed by atoms with Crippen molar-refractivity contribution in [2.45, 2.75) is 26.6 Å². The molecule has 3 heterocycles. The van der Waals surface area contributed by atoms with Crippen molar-refractivity contribution in [1.82, 2.24) is 44.8 Å². The number of carbonyl (C=O) groups excluding carboxylic acids is 1. The summed E-state index contributed by atoms with van der Waals surface area (Å²) < 4.78 is 3.75. The van der Waals surface area contributed by atoms with Gasteiger partial charge in [0.05, 0.1) is 13.1 Å². The standard InChI is InChI=1S/C20H22N10O/c1-3-30-13-25-26-18(30)11-23-20(31)14-5-4-6-15(9-14)22-10-17-27-28-19(29(17)2)16-7-8-21-12-24-16/h4-9,12-13,22H,3,10-11H2,1-2H3,(H,23,31). The Morgan fingerprint density at radius 3 is 2.81 bits per heavy atom. The van der Waals surface area contributed by atoms with Crippen LogP contribution < -0.4 is 10.6 Å². The first-order valence-electron chi connectivity index (χ1n) is 9.79. The van der Waals surface area contributed by atoms with Crippen molar-refractivity contribution < 1.29 is 4.79 Å². The molecule has 1 aromatic carbocycles. The van der Waals surface area contributed by atoms with Crippen LogP contribution >= 0.6 is 0 Å². The van der Waals surface area contributed by atoms with Gasteiger partial charge in [0.2, 0.25) is 0 Å². The lowest BCUT2D eigenvalue weighted by atomic mass is 10.2. The first-order valence-corrected chi connectivity index (χ1v) is 9.79. The molecule has 0 saturated carbocycles. The Kier molecular flexibility index (Phi) is 5.92. The van der Waals surface area contributed by atoms with Crippen molar-refractivity contribution in [3.05, 3.63) is 66.4 Å². The smallest absolute Gasteiger partial charge is 0.251 e. The maximum atomic E-state index is 12.5. The lowest BCUT2D eigenvalue weighted by Crippen LogP contribution is -2.24. The minimum absolute atomic E-state index is 0.181. The number of nitrogens with zero attached hydrogens (tertiary/aromatic N) is 8. The molecule has 4 rings (SSSR count). The van der Waals surface area contributed by atoms with Gasteiger partial charge >= 0.3 is 0 Å². The number of hydrogen-bond donors (Lipinski definition) is 2. The fraction of sp³-hybridized carbons (Fsp3) is 0.250. The predicted octanol–water partition coefficient (Wildman–Crippen LogP) is 1.43. The first kappa shape index (κ1) is 20.1. The number of anilines is 1. The molecule has 0 spiro atoms. The third kappa shape index (κ3) is 4.55. The molecule has 0 saturated heterocycles. The molecule has 0 radical (unpaired) electrons. The van der Waals surface area contributed by atoms with Crippen LogP contribution in [0.15, 0.2) is 49.2 Å². The minimum Gasteiger partial charge on any atom is -0.378 e. The number of rotatable bonds is 8. The fourth-order valence-corrected chi connectivity index (χ4v) is 3.05. The van der Waals surface area contributed by atoms with Gasteiger partial charge in [-0.25, -0.2) is 9.97 Å². The van der Waals surface area contributed by atoms with Gasteiger partial charge in [-0.3, -0.25) is 4.79 Å². The minimum atomic E-state index is -0.181. The molecular weight excluding hydrogens is 396 g/mol. The average Bonchev–Trinajstić information content (AvgIpc) is 3.42. The van der Waals surface area contributed by atoms with E-state index >= 15 is 0 Å². The van der Waals surface area contributed by atoms with Gasteiger partial charge in [-0.05, 0) is 31.2 Å². The van der Waals surface area contributed by atoms with Crippen LogP contribution in [-0.2, 0) is 26.7 Å². The molecule has 31 heavy (non-hydrogen) atoms. The van der Waals surface area contributed by atoms with E-state index in [4.69, 9.17) is 0 Å². The molecule has 11 heteroatoms. The van der Waals surface area contributed by atoms with Crippen LogP contribution in [0.4, 0.5) is 5.69 Å². The molecule has 3 aromatic heterocycles. The zero-order valence-electron chi connectivity index (χ0n) is 17.2. The molecule has 0 unspecified atom stereocenters. The lowest BCUT2D eigenvalue weighted by molar-refractivity contribution is 0.0949. The van der Waals surface area contributed by atoms with Crippen molar-refractivity contribution in [2.75, 3.05) is 5.32 Å². The van der Waals surface area contributed by atoms with E-state index in [2.05, 4.69) is 41.0 Å². The number of benzene rings is 1. The van der Waals surface area contributed by atoms with Crippen molar-refractivity contribution >= 4 is 11.6 Å². The summed E-state index contributed by atoms with van der Waals surface area (Å²) in [6, 6.07) is 9.06. The Bertz CT molecular complexity index is 1170. The van der Waals surface area contributed by atoms with Gasteiger partial charge in [0.1, 0.15) is 18.3 Å². The quantitative estimate of drug-likeness (QED) is 0.440. The monoisotopic (exact) mass is 418 g/mol. The number of aromatic nitrogens is 8. The summed E-state index contributed by atoms with van der Waals surface area (Å²) in [7, 11) is 1.88. The predicted molar refractivity (Wildman–Crippen MR) is 113 cm³/mol. The molecule has 0 aliphatic carbocycles. The van der Waals surface area contributed by atoms with E-state index < -0.39 is 0 Å². The lowest BCUT2D eigenvalue weighted by Gasteiger charge is -2.09. The van der Waals surface area contributed by atoms with E-state index in [1.54, 1.807) is 30.7 Å². The summed E-state index contributed by atoms with van der Waals surface area (Å²) in [6.07, 6.45) is 4.79. The topological polar surface area (TPSA) is 128 Å². The Morgan fingerprint density at radius 2 is 2.00 bits per heavy atom. The van der Waals surface area contributed by atoms with Gasteiger partial charge in [0.25, 0.3) is 5.91 Å². The number of nitrogens with one attached hydrogen (secondary N) is 2. The van der Waals surface area contributed by atoms with Crippen LogP contribution in [0, 0.1) is 0 Å². The van der Waals surface area contributed by atoms with Gasteiger partial charge in [-0.2, -0.15) is 0 Å². The van der Waals surface area contributed by atoms with Crippen LogP contribution in [0.1, 0.15) is 28.9 Å². The largest absolute Gasteiger partial charge is 0.378 e. The van der Waals surface area contributed by atoms with E-state index in [-0.39, 0.29) is 5.91 Å². The fourth-order valence-electron chi connectivity index (χ4n) is 3.05. The molecule has 11 nitrogen and oxygen atoms in total. The zero-order valence-corrected chi connectivity index (χ0v) is 17.2. The molecule has 0 fully saturated rings. The second kappa shape index (κ2) is 9.11. The van der Waals surface area contributed by atoms with Crippen LogP contribution in [0.2, 0.25) is 0 Å². The second-order valence-corrected chi connectivity index (χ2v) is 6.74. The highest BCUT2D eigenvalue weighted by molar-refractivity contribution is 5.95. The van der Waals surface area contributed by atoms with E-state index in [0.717, 1.165) is 18.1 Å². The summed E-state index contributed by atoms with van der Waals surface area (Å²) in [5.41, 5.74) is 2.05. The first-order chi connectivity index (χ1) is 15.2. The maximum Gasteiger partial charge on any atom is 0.251 e. The third-order valence-electron chi connectivity index (χ3n) is 4.79. The van der Waals surface area contributed by atoms with Gasteiger partial charge in [0, 0.05) is 31.0 Å². The van der Waals surface area contributed by atoms with Crippen LogP contribution in [-0.4, -0.2) is 45.4 Å². The molecular formula is C20H22N10O. The normalized spacial score (nSPS) is 10.8. The third-order valence-corrected chi connectivity index (χ3v) is 4.79. The van der Waals surface area contributed by atoms with Crippen molar-refractivity contribution in [2.24, 2.45) is 7.05 Å². The molecule has 0 atom stereocenters. The van der Waals surface area contributed by atoms with Crippen LogP contribution in [0.25, 0.3) is 11.5 Å². The zero-order chi connectivity index (χ0) is 21.6. The summed E-state index contributed by atoms with van der Waals surface area (Å²) in [5, 5.41) is 22.5. The van der Waals surface area contributed by atoms with E-state index in [9.17, 15) is 4.79 Å². The van der Waals surface area contributed by atoms with Crippen molar-refractivity contribution in [3.8, 4) is 11.5 Å². The Hall–Kier alpha value is -4.15. The number of hydrogen-bond acceptors (Lipinski definition) is 8. The van der Waals surface area contributed by atoms with Gasteiger partial charge < -0.3 is 19.8 Å². The highest BCUT2D eigenvalue weighted by atomic mass is 16.1. The SMILES string of the molecule is CCn1cnnc1CNC(=O)c1cccc(NCc2nnc(-c3ccncn3)n2C)c1. The number of amides is 1. The van der Waals surface area contributed by atoms with Crippen LogP contribution in [0.3, 0.4) is 0 Å². The highest BCUT2D eigenvalue weighted by Gasteiger charge is 2.12. The highest BCUT2D eigenvalue weighted by Crippen LogP contribution is 2.15. The summed E-state index contributed by atoms with van der Waals surface area (Å²) in [4.78, 5) is 20.7. The van der Waals surface area contributed by atoms with E-state index in [1.165, 1.54) is 6.33 Å². The van der Waals surface area contributed by atoms with Crippen molar-refractivity contribution in [1.29, 1.82) is 0 Å². The Morgan fingerprint density at radius 1 is 1.10 bits per heavy atom. The Labute approximate surface area is 178 Å². The second-order valence-electron chi connectivity index (χ2n) is 6.74. The van der Waals surface area contributed by atoms with Gasteiger partial charge in [0.15, 0.2) is 17.5 Å². The molecule has 0 aliphatic rings. The molecule has 4 aromatic rings. The molecule has 2 N–H and O–H groups in total. The molecule has 1 amide bonds. The Balaban J connectivity index is 1.39. The average molecular weight is 418 g/mol. The van der Waals surface area contributed by atoms with E-state index in [1.807, 2.05) is 35.2 Å². The van der Waals surface area contributed by atoms with Gasteiger partial charge in [-0.1, -0.05) is 6.07 Å². The molecule has 158 valence electrons. The van der Waals surface area contributed by atoms with Crippen molar-refractivity contribution in [3.63, 3.8) is 0 Å². The summed E-state index contributed by atoms with van der Waals surface area (Å²) in [6.45, 7) is 3.50. The van der Waals surface area contributed by atoms with Gasteiger partial charge in [-0.15, -0.1) is 20.4 Å². The number of aryl methyl sites for hydroxylation is 1. The summed E-state index contributed by atoms with van der Waals surface area (Å²) in [5.74, 6) is 1.93. The summed E-state index contributed by atoms with van der Waals surface area (Å²) >= 11 is 0. The molecule has 0 bridgehead atoms.